The smallest absolute Gasteiger partial charge is 0.336 e. The van der Waals surface area contributed by atoms with Gasteiger partial charge >= 0.3 is 23.9 Å². The first kappa shape index (κ1) is 25.5. The summed E-state index contributed by atoms with van der Waals surface area (Å²) in [7, 11) is 0. The van der Waals surface area contributed by atoms with Crippen LogP contribution in [0.1, 0.15) is 40.5 Å². The fourth-order valence-electron chi connectivity index (χ4n) is 1.78. The molecule has 29 heavy (non-hydrogen) atoms. The van der Waals surface area contributed by atoms with Crippen LogP contribution in [0.4, 0.5) is 0 Å². The molecule has 158 valence electrons. The van der Waals surface area contributed by atoms with Crippen LogP contribution in [0.3, 0.4) is 0 Å². The highest BCUT2D eigenvalue weighted by Gasteiger charge is 2.13. The van der Waals surface area contributed by atoms with Crippen LogP contribution in [0.2, 0.25) is 0 Å². The molecule has 0 radical (unpaired) electrons. The zero-order valence-electron chi connectivity index (χ0n) is 16.0. The molecule has 1 aromatic carbocycles. The van der Waals surface area contributed by atoms with Gasteiger partial charge in [0.1, 0.15) is 6.61 Å². The molecular weight excluding hydrogens is 384 g/mol. The molecule has 1 atom stereocenters. The minimum Gasteiger partial charge on any atom is -0.478 e. The number of benzene rings is 1. The number of aliphatic hydroxyl groups excluding tert-OH is 1. The Morgan fingerprint density at radius 3 is 2.00 bits per heavy atom. The van der Waals surface area contributed by atoms with Crippen molar-refractivity contribution in [3.8, 4) is 0 Å². The molecule has 0 bridgehead atoms. The summed E-state index contributed by atoms with van der Waals surface area (Å²) in [6.45, 7) is 8.35. The zero-order valence-corrected chi connectivity index (χ0v) is 16.0. The highest BCUT2D eigenvalue weighted by Crippen LogP contribution is 2.07. The Morgan fingerprint density at radius 1 is 1.07 bits per heavy atom. The quantitative estimate of drug-likeness (QED) is 0.300. The van der Waals surface area contributed by atoms with Gasteiger partial charge in [0.05, 0.1) is 23.8 Å². The van der Waals surface area contributed by atoms with E-state index in [-0.39, 0.29) is 24.3 Å². The third-order valence-electron chi connectivity index (χ3n) is 3.24. The first-order valence-corrected chi connectivity index (χ1v) is 8.45. The minimum absolute atomic E-state index is 0.0840. The van der Waals surface area contributed by atoms with E-state index >= 15 is 0 Å². The molecule has 0 aromatic heterocycles. The Balaban J connectivity index is 0.000000571. The van der Waals surface area contributed by atoms with E-state index in [1.165, 1.54) is 24.3 Å². The average Bonchev–Trinajstić information content (AvgIpc) is 2.69. The lowest BCUT2D eigenvalue weighted by Gasteiger charge is -2.10. The Kier molecular flexibility index (Phi) is 12.0. The van der Waals surface area contributed by atoms with Crippen LogP contribution in [0.5, 0.6) is 0 Å². The zero-order chi connectivity index (χ0) is 22.4. The number of ether oxygens (including phenoxy) is 2. The third kappa shape index (κ3) is 11.1. The van der Waals surface area contributed by atoms with Crippen molar-refractivity contribution in [2.75, 3.05) is 13.2 Å². The number of hydrogen-bond donors (Lipinski definition) is 3. The fourth-order valence-corrected chi connectivity index (χ4v) is 1.78. The lowest BCUT2D eigenvalue weighted by Crippen LogP contribution is -2.18. The standard InChI is InChI=1S/C12H18O5.C8H6O4/c1-4-11(14)17-8-10(13)6-5-7-16-12(15)9(2)3;9-7(10)5-3-1-2-4-6(5)8(11)12/h4,10,13H,1-2,5-8H2,3H3;1-4H,(H,9,10)(H,11,12). The summed E-state index contributed by atoms with van der Waals surface area (Å²) in [6.07, 6.45) is 1.14. The highest BCUT2D eigenvalue weighted by atomic mass is 16.5. The number of rotatable bonds is 10. The maximum absolute atomic E-state index is 11.0. The van der Waals surface area contributed by atoms with Crippen molar-refractivity contribution in [1.82, 2.24) is 0 Å². The molecule has 9 heteroatoms. The second-order valence-corrected chi connectivity index (χ2v) is 5.70. The molecule has 0 fully saturated rings. The minimum atomic E-state index is -1.23. The highest BCUT2D eigenvalue weighted by molar-refractivity contribution is 6.01. The van der Waals surface area contributed by atoms with E-state index < -0.39 is 30.0 Å². The second-order valence-electron chi connectivity index (χ2n) is 5.70. The number of carboxylic acid groups (broad SMARTS) is 2. The van der Waals surface area contributed by atoms with E-state index in [4.69, 9.17) is 14.9 Å². The van der Waals surface area contributed by atoms with Gasteiger partial charge in [-0.2, -0.15) is 0 Å². The van der Waals surface area contributed by atoms with E-state index in [0.717, 1.165) is 6.08 Å². The summed E-state index contributed by atoms with van der Waals surface area (Å²) in [5.41, 5.74) is -0.0412. The van der Waals surface area contributed by atoms with Gasteiger partial charge in [-0.15, -0.1) is 0 Å². The number of carbonyl (C=O) groups is 4. The summed E-state index contributed by atoms with van der Waals surface area (Å²) < 4.78 is 9.47. The number of carbonyl (C=O) groups excluding carboxylic acids is 2. The van der Waals surface area contributed by atoms with Crippen LogP contribution in [-0.4, -0.2) is 58.5 Å². The molecule has 0 aliphatic rings. The maximum atomic E-state index is 11.0. The second kappa shape index (κ2) is 13.7. The summed E-state index contributed by atoms with van der Waals surface area (Å²) in [6, 6.07) is 5.48. The van der Waals surface area contributed by atoms with Crippen molar-refractivity contribution in [3.63, 3.8) is 0 Å². The summed E-state index contributed by atoms with van der Waals surface area (Å²) >= 11 is 0. The molecule has 0 heterocycles. The topological polar surface area (TPSA) is 147 Å². The van der Waals surface area contributed by atoms with Crippen molar-refractivity contribution in [1.29, 1.82) is 0 Å². The van der Waals surface area contributed by atoms with Crippen molar-refractivity contribution in [2.45, 2.75) is 25.9 Å². The Hall–Kier alpha value is -3.46. The Labute approximate surface area is 167 Å². The fraction of sp³-hybridized carbons (Fsp3) is 0.300. The van der Waals surface area contributed by atoms with Crippen molar-refractivity contribution in [2.24, 2.45) is 0 Å². The monoisotopic (exact) mass is 408 g/mol. The van der Waals surface area contributed by atoms with Crippen molar-refractivity contribution < 1.29 is 44.0 Å². The lowest BCUT2D eigenvalue weighted by molar-refractivity contribution is -0.140. The van der Waals surface area contributed by atoms with Gasteiger partial charge in [0.25, 0.3) is 0 Å². The first-order chi connectivity index (χ1) is 13.6. The van der Waals surface area contributed by atoms with Crippen LogP contribution in [0, 0.1) is 0 Å². The maximum Gasteiger partial charge on any atom is 0.336 e. The van der Waals surface area contributed by atoms with E-state index in [1.807, 2.05) is 0 Å². The van der Waals surface area contributed by atoms with E-state index in [9.17, 15) is 24.3 Å². The molecule has 1 aromatic rings. The van der Waals surface area contributed by atoms with Gasteiger partial charge in [-0.05, 0) is 31.9 Å². The molecule has 0 amide bonds. The molecule has 0 aliphatic heterocycles. The SMILES string of the molecule is C=CC(=O)OCC(O)CCCOC(=O)C(=C)C.O=C(O)c1ccccc1C(=O)O. The molecular formula is C20H24O9. The first-order valence-electron chi connectivity index (χ1n) is 8.45. The van der Waals surface area contributed by atoms with Crippen molar-refractivity contribution in [3.05, 3.63) is 60.2 Å². The van der Waals surface area contributed by atoms with Crippen LogP contribution in [0.25, 0.3) is 0 Å². The molecule has 3 N–H and O–H groups in total. The number of esters is 2. The number of aliphatic hydroxyl groups is 1. The summed E-state index contributed by atoms with van der Waals surface area (Å²) in [5.74, 6) is -3.48. The molecule has 0 saturated carbocycles. The van der Waals surface area contributed by atoms with E-state index in [2.05, 4.69) is 17.9 Å². The van der Waals surface area contributed by atoms with Gasteiger partial charge in [0, 0.05) is 11.6 Å². The average molecular weight is 408 g/mol. The predicted octanol–water partition coefficient (Wildman–Crippen LogP) is 2.06. The molecule has 0 spiro atoms. The lowest BCUT2D eigenvalue weighted by atomic mass is 10.1. The van der Waals surface area contributed by atoms with Crippen LogP contribution < -0.4 is 0 Å². The molecule has 0 saturated heterocycles. The van der Waals surface area contributed by atoms with Crippen LogP contribution in [0.15, 0.2) is 49.1 Å². The van der Waals surface area contributed by atoms with Gasteiger partial charge in [0.15, 0.2) is 0 Å². The summed E-state index contributed by atoms with van der Waals surface area (Å²) in [5, 5.41) is 26.5. The van der Waals surface area contributed by atoms with Crippen LogP contribution >= 0.6 is 0 Å². The molecule has 0 aliphatic carbocycles. The normalized spacial score (nSPS) is 10.6. The number of aromatic carboxylic acids is 2. The number of hydrogen-bond acceptors (Lipinski definition) is 7. The third-order valence-corrected chi connectivity index (χ3v) is 3.24. The number of carboxylic acids is 2. The van der Waals surface area contributed by atoms with Crippen LogP contribution in [-0.2, 0) is 19.1 Å². The Bertz CT molecular complexity index is 719. The predicted molar refractivity (Wildman–Crippen MR) is 103 cm³/mol. The van der Waals surface area contributed by atoms with Gasteiger partial charge in [0.2, 0.25) is 0 Å². The molecule has 1 rings (SSSR count). The van der Waals surface area contributed by atoms with Crippen molar-refractivity contribution >= 4 is 23.9 Å². The largest absolute Gasteiger partial charge is 0.478 e. The van der Waals surface area contributed by atoms with Gasteiger partial charge in [-0.25, -0.2) is 19.2 Å². The van der Waals surface area contributed by atoms with Gasteiger partial charge in [-0.1, -0.05) is 25.3 Å². The molecule has 9 nitrogen and oxygen atoms in total. The van der Waals surface area contributed by atoms with E-state index in [0.29, 0.717) is 18.4 Å². The van der Waals surface area contributed by atoms with E-state index in [1.54, 1.807) is 6.92 Å². The van der Waals surface area contributed by atoms with Gasteiger partial charge in [-0.3, -0.25) is 0 Å². The Morgan fingerprint density at radius 2 is 1.59 bits per heavy atom. The molecule has 1 unspecified atom stereocenters. The summed E-state index contributed by atoms with van der Waals surface area (Å²) in [4.78, 5) is 42.6. The van der Waals surface area contributed by atoms with Gasteiger partial charge < -0.3 is 24.8 Å².